The van der Waals surface area contributed by atoms with E-state index < -0.39 is 0 Å². The van der Waals surface area contributed by atoms with E-state index in [9.17, 15) is 0 Å². The fraction of sp³-hybridized carbons (Fsp3) is 0.200. The molecule has 0 spiro atoms. The molecule has 2 aromatic carbocycles. The number of nitrogens with zero attached hydrogens (tertiary/aromatic N) is 1. The summed E-state index contributed by atoms with van der Waals surface area (Å²) in [6, 6.07) is 19.5. The van der Waals surface area contributed by atoms with Crippen LogP contribution < -0.4 is 0 Å². The van der Waals surface area contributed by atoms with Gasteiger partial charge in [0.1, 0.15) is 0 Å². The van der Waals surface area contributed by atoms with Crippen LogP contribution in [0.1, 0.15) is 19.4 Å². The Hall–Kier alpha value is -1.64. The van der Waals surface area contributed by atoms with Crippen LogP contribution in [0.4, 0.5) is 0 Å². The molecule has 4 rings (SSSR count). The molecule has 0 N–H and O–H groups in total. The highest BCUT2D eigenvalue weighted by molar-refractivity contribution is 7.99. The lowest BCUT2D eigenvalue weighted by atomic mass is 9.99. The van der Waals surface area contributed by atoms with Gasteiger partial charge in [0.25, 0.3) is 0 Å². The van der Waals surface area contributed by atoms with Gasteiger partial charge in [-0.3, -0.25) is 0 Å². The van der Waals surface area contributed by atoms with Gasteiger partial charge >= 0.3 is 0 Å². The molecule has 0 fully saturated rings. The topological polar surface area (TPSA) is 4.93 Å². The van der Waals surface area contributed by atoms with Gasteiger partial charge in [-0.25, -0.2) is 0 Å². The summed E-state index contributed by atoms with van der Waals surface area (Å²) >= 11 is 8.04. The second-order valence-electron chi connectivity index (χ2n) is 5.88. The monoisotopic (exact) mass is 339 g/mol. The maximum atomic E-state index is 6.07. The van der Waals surface area contributed by atoms with Crippen LogP contribution in [0.15, 0.2) is 65.8 Å². The summed E-state index contributed by atoms with van der Waals surface area (Å²) in [5, 5.41) is 2.18. The Morgan fingerprint density at radius 3 is 2.48 bits per heavy atom. The summed E-state index contributed by atoms with van der Waals surface area (Å²) in [4.78, 5) is 0. The highest BCUT2D eigenvalue weighted by Gasteiger charge is 2.27. The van der Waals surface area contributed by atoms with Gasteiger partial charge in [0, 0.05) is 34.1 Å². The van der Waals surface area contributed by atoms with Crippen LogP contribution in [0.5, 0.6) is 0 Å². The van der Waals surface area contributed by atoms with E-state index in [1.807, 2.05) is 23.9 Å². The van der Waals surface area contributed by atoms with E-state index >= 15 is 0 Å². The number of hydrogen-bond acceptors (Lipinski definition) is 1. The Kier molecular flexibility index (Phi) is 3.96. The first-order valence-electron chi connectivity index (χ1n) is 7.97. The number of fused-ring (bicyclic) bond motifs is 1. The molecular formula is C20H18ClNS. The molecule has 0 aliphatic carbocycles. The van der Waals surface area contributed by atoms with Crippen molar-refractivity contribution in [2.24, 2.45) is 0 Å². The second-order valence-corrected chi connectivity index (χ2v) is 7.32. The van der Waals surface area contributed by atoms with Crippen molar-refractivity contribution in [3.8, 4) is 22.3 Å². The fourth-order valence-corrected chi connectivity index (χ4v) is 4.82. The zero-order valence-corrected chi connectivity index (χ0v) is 14.6. The maximum Gasteiger partial charge on any atom is 0.0837 e. The van der Waals surface area contributed by atoms with Crippen LogP contribution in [-0.4, -0.2) is 10.3 Å². The van der Waals surface area contributed by atoms with E-state index in [4.69, 9.17) is 11.6 Å². The van der Waals surface area contributed by atoms with Gasteiger partial charge in [-0.1, -0.05) is 61.0 Å². The van der Waals surface area contributed by atoms with Crippen molar-refractivity contribution in [3.05, 3.63) is 65.8 Å². The van der Waals surface area contributed by atoms with Gasteiger partial charge in [-0.05, 0) is 29.7 Å². The third kappa shape index (κ3) is 2.60. The lowest BCUT2D eigenvalue weighted by Gasteiger charge is -2.08. The molecule has 0 saturated carbocycles. The SMILES string of the molecule is CCC1CSc2c(-c3ccccc3)c(-c3ccc(Cl)cc3)cn21. The lowest BCUT2D eigenvalue weighted by Crippen LogP contribution is -2.02. The Bertz CT molecular complexity index is 821. The van der Waals surface area contributed by atoms with Gasteiger partial charge in [0.05, 0.1) is 5.03 Å². The van der Waals surface area contributed by atoms with Crippen molar-refractivity contribution in [1.82, 2.24) is 4.57 Å². The largest absolute Gasteiger partial charge is 0.338 e. The lowest BCUT2D eigenvalue weighted by molar-refractivity contribution is 0.529. The predicted molar refractivity (Wildman–Crippen MR) is 100 cm³/mol. The van der Waals surface area contributed by atoms with Gasteiger partial charge in [0.2, 0.25) is 0 Å². The molecule has 0 radical (unpaired) electrons. The molecule has 2 heterocycles. The summed E-state index contributed by atoms with van der Waals surface area (Å²) in [7, 11) is 0. The Balaban J connectivity index is 1.93. The van der Waals surface area contributed by atoms with Crippen molar-refractivity contribution in [1.29, 1.82) is 0 Å². The van der Waals surface area contributed by atoms with Crippen molar-refractivity contribution in [2.75, 3.05) is 5.75 Å². The number of thioether (sulfide) groups is 1. The van der Waals surface area contributed by atoms with E-state index in [0.29, 0.717) is 6.04 Å². The van der Waals surface area contributed by atoms with Crippen LogP contribution in [0.2, 0.25) is 5.02 Å². The molecule has 0 bridgehead atoms. The summed E-state index contributed by atoms with van der Waals surface area (Å²) in [5.74, 6) is 1.17. The van der Waals surface area contributed by atoms with Crippen molar-refractivity contribution in [3.63, 3.8) is 0 Å². The first kappa shape index (κ1) is 14.9. The molecule has 3 aromatic rings. The third-order valence-electron chi connectivity index (χ3n) is 4.48. The first-order chi connectivity index (χ1) is 11.3. The summed E-state index contributed by atoms with van der Waals surface area (Å²) in [6.07, 6.45) is 3.50. The van der Waals surface area contributed by atoms with Crippen LogP contribution in [-0.2, 0) is 0 Å². The Morgan fingerprint density at radius 1 is 1.04 bits per heavy atom. The molecule has 0 amide bonds. The molecule has 1 atom stereocenters. The number of aromatic nitrogens is 1. The highest BCUT2D eigenvalue weighted by atomic mass is 35.5. The Morgan fingerprint density at radius 2 is 1.78 bits per heavy atom. The maximum absolute atomic E-state index is 6.07. The number of rotatable bonds is 3. The molecule has 1 aliphatic heterocycles. The number of benzene rings is 2. The first-order valence-corrected chi connectivity index (χ1v) is 9.33. The number of hydrogen-bond donors (Lipinski definition) is 0. The summed E-state index contributed by atoms with van der Waals surface area (Å²) in [6.45, 7) is 2.27. The molecule has 116 valence electrons. The van der Waals surface area contributed by atoms with Gasteiger partial charge in [-0.2, -0.15) is 0 Å². The zero-order chi connectivity index (χ0) is 15.8. The quantitative estimate of drug-likeness (QED) is 0.525. The average Bonchev–Trinajstić information content (AvgIpc) is 3.15. The van der Waals surface area contributed by atoms with Gasteiger partial charge < -0.3 is 4.57 Å². The molecular weight excluding hydrogens is 322 g/mol. The molecule has 0 saturated heterocycles. The van der Waals surface area contributed by atoms with Gasteiger partial charge in [-0.15, -0.1) is 11.8 Å². The molecule has 1 unspecified atom stereocenters. The molecule has 1 aliphatic rings. The molecule has 3 heteroatoms. The van der Waals surface area contributed by atoms with Crippen molar-refractivity contribution >= 4 is 23.4 Å². The minimum Gasteiger partial charge on any atom is -0.338 e. The van der Waals surface area contributed by atoms with E-state index in [-0.39, 0.29) is 0 Å². The van der Waals surface area contributed by atoms with Crippen LogP contribution in [0.25, 0.3) is 22.3 Å². The standard InChI is InChI=1S/C20H18ClNS/c1-2-17-13-23-20-19(15-6-4-3-5-7-15)18(12-22(17)20)14-8-10-16(21)11-9-14/h3-12,17H,2,13H2,1H3. The molecule has 1 nitrogen and oxygen atoms in total. The van der Waals surface area contributed by atoms with Crippen molar-refractivity contribution in [2.45, 2.75) is 24.4 Å². The molecule has 23 heavy (non-hydrogen) atoms. The van der Waals surface area contributed by atoms with Gasteiger partial charge in [0.15, 0.2) is 0 Å². The smallest absolute Gasteiger partial charge is 0.0837 e. The van der Waals surface area contributed by atoms with E-state index in [0.717, 1.165) is 5.02 Å². The second kappa shape index (κ2) is 6.10. The zero-order valence-electron chi connectivity index (χ0n) is 13.0. The minimum absolute atomic E-state index is 0.596. The predicted octanol–water partition coefficient (Wildman–Crippen LogP) is 6.53. The summed E-state index contributed by atoms with van der Waals surface area (Å²) in [5.41, 5.74) is 5.17. The highest BCUT2D eigenvalue weighted by Crippen LogP contribution is 2.47. The van der Waals surface area contributed by atoms with Crippen LogP contribution >= 0.6 is 23.4 Å². The van der Waals surface area contributed by atoms with Crippen LogP contribution in [0.3, 0.4) is 0 Å². The average molecular weight is 340 g/mol. The van der Waals surface area contributed by atoms with E-state index in [2.05, 4.69) is 60.2 Å². The Labute approximate surface area is 146 Å². The molecule has 1 aromatic heterocycles. The summed E-state index contributed by atoms with van der Waals surface area (Å²) < 4.78 is 2.47. The normalized spacial score (nSPS) is 16.5. The van der Waals surface area contributed by atoms with E-state index in [1.54, 1.807) is 0 Å². The fourth-order valence-electron chi connectivity index (χ4n) is 3.23. The van der Waals surface area contributed by atoms with Crippen LogP contribution in [0, 0.1) is 0 Å². The van der Waals surface area contributed by atoms with E-state index in [1.165, 1.54) is 39.5 Å². The van der Waals surface area contributed by atoms with Crippen molar-refractivity contribution < 1.29 is 0 Å². The number of halogens is 1. The third-order valence-corrected chi connectivity index (χ3v) is 5.97. The minimum atomic E-state index is 0.596.